The SMILES string of the molecule is C=C/C(OC(F)(F)F)=C(/F)C(=C)C.CC. The van der Waals surface area contributed by atoms with Gasteiger partial charge in [-0.1, -0.05) is 27.0 Å². The molecule has 0 heterocycles. The summed E-state index contributed by atoms with van der Waals surface area (Å²) in [6.07, 6.45) is -4.28. The molecule has 1 nitrogen and oxygen atoms in total. The molecular formula is C10H14F4O. The Balaban J connectivity index is 0. The highest BCUT2D eigenvalue weighted by Gasteiger charge is 2.32. The summed E-state index contributed by atoms with van der Waals surface area (Å²) in [7, 11) is 0. The number of ether oxygens (including phenoxy) is 1. The molecule has 0 spiro atoms. The molecule has 0 aromatic rings. The summed E-state index contributed by atoms with van der Waals surface area (Å²) in [6.45, 7) is 11.3. The van der Waals surface area contributed by atoms with Crippen LogP contribution in [-0.4, -0.2) is 6.36 Å². The maximum absolute atomic E-state index is 12.8. The lowest BCUT2D eigenvalue weighted by molar-refractivity contribution is -0.304. The van der Waals surface area contributed by atoms with Crippen LogP contribution in [0.4, 0.5) is 17.6 Å². The molecule has 0 saturated carbocycles. The Hall–Kier alpha value is -1.26. The number of rotatable bonds is 3. The maximum atomic E-state index is 12.8. The first kappa shape index (κ1) is 16.2. The third kappa shape index (κ3) is 7.78. The van der Waals surface area contributed by atoms with Crippen LogP contribution in [0.15, 0.2) is 36.4 Å². The van der Waals surface area contributed by atoms with Crippen molar-refractivity contribution in [3.8, 4) is 0 Å². The summed E-state index contributed by atoms with van der Waals surface area (Å²) < 4.78 is 51.0. The standard InChI is InChI=1S/C8H8F4O.C2H6/c1-4-6(7(9)5(2)3)13-8(10,11)12;1-2/h4H,1-2H2,3H3;1-2H3/b7-6-;. The zero-order valence-electron chi connectivity index (χ0n) is 8.91. The van der Waals surface area contributed by atoms with Crippen molar-refractivity contribution in [1.82, 2.24) is 0 Å². The van der Waals surface area contributed by atoms with Gasteiger partial charge in [-0.2, -0.15) is 0 Å². The Morgan fingerprint density at radius 2 is 1.67 bits per heavy atom. The summed E-state index contributed by atoms with van der Waals surface area (Å²) in [5, 5.41) is 0. The Morgan fingerprint density at radius 3 is 1.87 bits per heavy atom. The smallest absolute Gasteiger partial charge is 0.403 e. The summed E-state index contributed by atoms with van der Waals surface area (Å²) in [6, 6.07) is 0. The lowest BCUT2D eigenvalue weighted by atomic mass is 10.2. The van der Waals surface area contributed by atoms with Crippen LogP contribution in [0, 0.1) is 0 Å². The molecular weight excluding hydrogens is 212 g/mol. The zero-order chi connectivity index (χ0) is 12.6. The van der Waals surface area contributed by atoms with Gasteiger partial charge in [-0.25, -0.2) is 4.39 Å². The molecule has 0 unspecified atom stereocenters. The van der Waals surface area contributed by atoms with Crippen molar-refractivity contribution in [3.05, 3.63) is 36.4 Å². The van der Waals surface area contributed by atoms with Crippen molar-refractivity contribution in [1.29, 1.82) is 0 Å². The van der Waals surface area contributed by atoms with Crippen molar-refractivity contribution < 1.29 is 22.3 Å². The van der Waals surface area contributed by atoms with Gasteiger partial charge < -0.3 is 4.74 Å². The number of hydrogen-bond donors (Lipinski definition) is 0. The highest BCUT2D eigenvalue weighted by Crippen LogP contribution is 2.25. The molecule has 0 saturated heterocycles. The van der Waals surface area contributed by atoms with E-state index in [0.29, 0.717) is 6.08 Å². The Kier molecular flexibility index (Phi) is 7.65. The molecule has 0 amide bonds. The third-order valence-corrected chi connectivity index (χ3v) is 1.00. The number of halogens is 4. The van der Waals surface area contributed by atoms with Crippen LogP contribution in [0.3, 0.4) is 0 Å². The van der Waals surface area contributed by atoms with Crippen molar-refractivity contribution in [2.45, 2.75) is 27.1 Å². The average Bonchev–Trinajstić information content (AvgIpc) is 2.14. The van der Waals surface area contributed by atoms with Gasteiger partial charge in [0, 0.05) is 0 Å². The molecule has 0 aliphatic heterocycles. The normalized spacial score (nSPS) is 11.9. The van der Waals surface area contributed by atoms with Gasteiger partial charge >= 0.3 is 6.36 Å². The quantitative estimate of drug-likeness (QED) is 0.391. The topological polar surface area (TPSA) is 9.23 Å². The second kappa shape index (κ2) is 7.09. The van der Waals surface area contributed by atoms with Crippen molar-refractivity contribution in [2.24, 2.45) is 0 Å². The summed E-state index contributed by atoms with van der Waals surface area (Å²) >= 11 is 0. The summed E-state index contributed by atoms with van der Waals surface area (Å²) in [5.74, 6) is -2.13. The van der Waals surface area contributed by atoms with Crippen LogP contribution in [0.5, 0.6) is 0 Å². The molecule has 0 N–H and O–H groups in total. The first-order valence-electron chi connectivity index (χ1n) is 4.21. The maximum Gasteiger partial charge on any atom is 0.573 e. The van der Waals surface area contributed by atoms with Gasteiger partial charge in [0.15, 0.2) is 11.6 Å². The second-order valence-electron chi connectivity index (χ2n) is 2.21. The van der Waals surface area contributed by atoms with Crippen LogP contribution < -0.4 is 0 Å². The summed E-state index contributed by atoms with van der Waals surface area (Å²) in [5.41, 5.74) is -0.154. The highest BCUT2D eigenvalue weighted by molar-refractivity contribution is 5.28. The van der Waals surface area contributed by atoms with Crippen LogP contribution in [-0.2, 0) is 4.74 Å². The first-order chi connectivity index (χ1) is 6.78. The fraction of sp³-hybridized carbons (Fsp3) is 0.400. The van der Waals surface area contributed by atoms with Gasteiger partial charge in [-0.15, -0.1) is 13.2 Å². The number of hydrogen-bond acceptors (Lipinski definition) is 1. The van der Waals surface area contributed by atoms with Gasteiger partial charge in [-0.3, -0.25) is 0 Å². The third-order valence-electron chi connectivity index (χ3n) is 1.00. The van der Waals surface area contributed by atoms with E-state index in [9.17, 15) is 17.6 Å². The monoisotopic (exact) mass is 226 g/mol. The molecule has 0 atom stereocenters. The van der Waals surface area contributed by atoms with Crippen molar-refractivity contribution in [3.63, 3.8) is 0 Å². The van der Waals surface area contributed by atoms with E-state index < -0.39 is 17.9 Å². The first-order valence-corrected chi connectivity index (χ1v) is 4.21. The predicted molar refractivity (Wildman–Crippen MR) is 51.6 cm³/mol. The van der Waals surface area contributed by atoms with Crippen LogP contribution >= 0.6 is 0 Å². The zero-order valence-corrected chi connectivity index (χ0v) is 8.91. The minimum absolute atomic E-state index is 0.154. The Bertz CT molecular complexity index is 251. The van der Waals surface area contributed by atoms with Gasteiger partial charge in [0.25, 0.3) is 0 Å². The van der Waals surface area contributed by atoms with E-state index in [-0.39, 0.29) is 5.57 Å². The van der Waals surface area contributed by atoms with E-state index in [0.717, 1.165) is 0 Å². The van der Waals surface area contributed by atoms with Gasteiger partial charge in [0.2, 0.25) is 0 Å². The molecule has 0 aromatic heterocycles. The van der Waals surface area contributed by atoms with E-state index in [1.807, 2.05) is 13.8 Å². The molecule has 0 bridgehead atoms. The minimum atomic E-state index is -4.92. The van der Waals surface area contributed by atoms with Crippen molar-refractivity contribution in [2.75, 3.05) is 0 Å². The van der Waals surface area contributed by atoms with Crippen LogP contribution in [0.2, 0.25) is 0 Å². The highest BCUT2D eigenvalue weighted by atomic mass is 19.4. The average molecular weight is 226 g/mol. The summed E-state index contributed by atoms with van der Waals surface area (Å²) in [4.78, 5) is 0. The predicted octanol–water partition coefficient (Wildman–Crippen LogP) is 4.49. The molecule has 0 aromatic carbocycles. The van der Waals surface area contributed by atoms with Gasteiger partial charge in [0.1, 0.15) is 0 Å². The van der Waals surface area contributed by atoms with Crippen molar-refractivity contribution >= 4 is 0 Å². The lowest BCUT2D eigenvalue weighted by Crippen LogP contribution is -2.12. The van der Waals surface area contributed by atoms with E-state index >= 15 is 0 Å². The molecule has 0 radical (unpaired) electrons. The lowest BCUT2D eigenvalue weighted by Gasteiger charge is -2.10. The van der Waals surface area contributed by atoms with E-state index in [1.54, 1.807) is 0 Å². The molecule has 0 rings (SSSR count). The molecule has 0 aliphatic carbocycles. The Labute approximate surface area is 86.7 Å². The molecule has 0 fully saturated rings. The van der Waals surface area contributed by atoms with Gasteiger partial charge in [-0.05, 0) is 18.6 Å². The Morgan fingerprint density at radius 1 is 1.27 bits per heavy atom. The number of alkyl halides is 3. The minimum Gasteiger partial charge on any atom is -0.403 e. The molecule has 88 valence electrons. The largest absolute Gasteiger partial charge is 0.573 e. The van der Waals surface area contributed by atoms with Crippen LogP contribution in [0.25, 0.3) is 0 Å². The molecule has 15 heavy (non-hydrogen) atoms. The number of allylic oxidation sites excluding steroid dienone is 3. The fourth-order valence-corrected chi connectivity index (χ4v) is 0.511. The second-order valence-corrected chi connectivity index (χ2v) is 2.21. The van der Waals surface area contributed by atoms with E-state index in [4.69, 9.17) is 0 Å². The molecule has 0 aliphatic rings. The van der Waals surface area contributed by atoms with E-state index in [1.165, 1.54) is 6.92 Å². The van der Waals surface area contributed by atoms with Gasteiger partial charge in [0.05, 0.1) is 0 Å². The molecule has 5 heteroatoms. The fourth-order valence-electron chi connectivity index (χ4n) is 0.511. The van der Waals surface area contributed by atoms with Crippen LogP contribution in [0.1, 0.15) is 20.8 Å². The van der Waals surface area contributed by atoms with E-state index in [2.05, 4.69) is 17.9 Å².